The summed E-state index contributed by atoms with van der Waals surface area (Å²) in [4.78, 5) is 24.9. The van der Waals surface area contributed by atoms with Crippen molar-refractivity contribution in [3.63, 3.8) is 0 Å². The van der Waals surface area contributed by atoms with Gasteiger partial charge < -0.3 is 9.47 Å². The smallest absolute Gasteiger partial charge is 0.250 e. The van der Waals surface area contributed by atoms with E-state index < -0.39 is 0 Å². The van der Waals surface area contributed by atoms with E-state index in [4.69, 9.17) is 0 Å². The number of carbonyl (C=O) groups is 1. The summed E-state index contributed by atoms with van der Waals surface area (Å²) < 4.78 is 1.68. The Morgan fingerprint density at radius 3 is 2.65 bits per heavy atom. The molecule has 1 aliphatic carbocycles. The van der Waals surface area contributed by atoms with Gasteiger partial charge in [0.15, 0.2) is 0 Å². The molecule has 2 aliphatic rings. The molecule has 0 radical (unpaired) electrons. The summed E-state index contributed by atoms with van der Waals surface area (Å²) in [5.74, 6) is 0.396. The molecule has 1 saturated heterocycles. The van der Waals surface area contributed by atoms with Crippen LogP contribution in [0.4, 0.5) is 0 Å². The molecule has 2 unspecified atom stereocenters. The number of fused-ring (bicyclic) bond motifs is 1. The molecule has 0 aromatic carbocycles. The van der Waals surface area contributed by atoms with Crippen LogP contribution in [-0.4, -0.2) is 28.0 Å². The van der Waals surface area contributed by atoms with Crippen LogP contribution in [0.3, 0.4) is 0 Å². The largest absolute Gasteiger partial charge is 0.334 e. The van der Waals surface area contributed by atoms with E-state index in [0.29, 0.717) is 12.6 Å². The van der Waals surface area contributed by atoms with E-state index in [1.807, 2.05) is 17.0 Å². The lowest BCUT2D eigenvalue weighted by Gasteiger charge is -2.49. The van der Waals surface area contributed by atoms with Crippen molar-refractivity contribution in [2.24, 2.45) is 5.92 Å². The van der Waals surface area contributed by atoms with Crippen LogP contribution in [0, 0.1) is 5.92 Å². The second-order valence-electron chi connectivity index (χ2n) is 4.52. The van der Waals surface area contributed by atoms with E-state index >= 15 is 0 Å². The lowest BCUT2D eigenvalue weighted by molar-refractivity contribution is -0.151. The van der Waals surface area contributed by atoms with Crippen molar-refractivity contribution < 1.29 is 4.79 Å². The van der Waals surface area contributed by atoms with Crippen molar-refractivity contribution in [3.05, 3.63) is 46.9 Å². The van der Waals surface area contributed by atoms with Gasteiger partial charge in [0.05, 0.1) is 12.0 Å². The van der Waals surface area contributed by atoms with E-state index in [0.717, 1.165) is 13.0 Å². The zero-order valence-electron chi connectivity index (χ0n) is 9.45. The molecule has 4 heteroatoms. The molecule has 1 aromatic heterocycles. The number of aromatic nitrogens is 1. The molecule has 1 aliphatic heterocycles. The third-order valence-electron chi connectivity index (χ3n) is 3.51. The predicted octanol–water partition coefficient (Wildman–Crippen LogP) is 0.635. The van der Waals surface area contributed by atoms with Crippen molar-refractivity contribution in [2.45, 2.75) is 19.0 Å². The number of nitrogens with zero attached hydrogens (tertiary/aromatic N) is 2. The fourth-order valence-electron chi connectivity index (χ4n) is 2.42. The van der Waals surface area contributed by atoms with E-state index in [9.17, 15) is 9.59 Å². The van der Waals surface area contributed by atoms with E-state index in [1.165, 1.54) is 0 Å². The number of carbonyl (C=O) groups excluding carboxylic acids is 1. The highest BCUT2D eigenvalue weighted by Gasteiger charge is 2.48. The van der Waals surface area contributed by atoms with Crippen molar-refractivity contribution >= 4 is 5.91 Å². The minimum absolute atomic E-state index is 0.0175. The maximum absolute atomic E-state index is 11.5. The maximum Gasteiger partial charge on any atom is 0.250 e. The van der Waals surface area contributed by atoms with Crippen molar-refractivity contribution in [1.82, 2.24) is 9.47 Å². The van der Waals surface area contributed by atoms with Gasteiger partial charge in [0.25, 0.3) is 0 Å². The molecule has 1 amide bonds. The molecule has 3 rings (SSSR count). The first-order valence-corrected chi connectivity index (χ1v) is 5.91. The van der Waals surface area contributed by atoms with Crippen molar-refractivity contribution in [3.8, 4) is 0 Å². The first-order chi connectivity index (χ1) is 8.27. The molecule has 0 spiro atoms. The van der Waals surface area contributed by atoms with Gasteiger partial charge in [-0.25, -0.2) is 0 Å². The Kier molecular flexibility index (Phi) is 2.35. The monoisotopic (exact) mass is 230 g/mol. The summed E-state index contributed by atoms with van der Waals surface area (Å²) in [6.45, 7) is 1.41. The van der Waals surface area contributed by atoms with Gasteiger partial charge >= 0.3 is 0 Å². The van der Waals surface area contributed by atoms with Gasteiger partial charge in [0.1, 0.15) is 0 Å². The summed E-state index contributed by atoms with van der Waals surface area (Å²) in [5.41, 5.74) is 0.0175. The second-order valence-corrected chi connectivity index (χ2v) is 4.52. The third-order valence-corrected chi connectivity index (χ3v) is 3.51. The number of hydrogen-bond acceptors (Lipinski definition) is 2. The summed E-state index contributed by atoms with van der Waals surface area (Å²) in [7, 11) is 0. The Labute approximate surface area is 99.2 Å². The van der Waals surface area contributed by atoms with Crippen LogP contribution in [0.25, 0.3) is 0 Å². The summed E-state index contributed by atoms with van der Waals surface area (Å²) >= 11 is 0. The third kappa shape index (κ3) is 1.60. The number of β-lactam (4-membered cyclic amide) rings is 1. The van der Waals surface area contributed by atoms with Crippen LogP contribution in [0.1, 0.15) is 6.42 Å². The molecule has 0 saturated carbocycles. The number of likely N-dealkylation sites (tertiary alicyclic amines) is 1. The van der Waals surface area contributed by atoms with E-state index in [1.54, 1.807) is 22.9 Å². The number of rotatable bonds is 4. The zero-order chi connectivity index (χ0) is 11.8. The molecule has 2 heterocycles. The maximum atomic E-state index is 11.5. The molecule has 88 valence electrons. The normalized spacial score (nSPS) is 25.2. The van der Waals surface area contributed by atoms with Crippen LogP contribution in [0.5, 0.6) is 0 Å². The predicted molar refractivity (Wildman–Crippen MR) is 63.5 cm³/mol. The molecular weight excluding hydrogens is 216 g/mol. The Bertz CT molecular complexity index is 532. The van der Waals surface area contributed by atoms with E-state index in [-0.39, 0.29) is 17.4 Å². The van der Waals surface area contributed by atoms with Gasteiger partial charge in [-0.2, -0.15) is 0 Å². The van der Waals surface area contributed by atoms with Crippen LogP contribution < -0.4 is 5.56 Å². The quantitative estimate of drug-likeness (QED) is 0.562. The molecule has 4 nitrogen and oxygen atoms in total. The fraction of sp³-hybridized carbons (Fsp3) is 0.385. The average Bonchev–Trinajstić information content (AvgIpc) is 2.29. The molecule has 2 atom stereocenters. The minimum Gasteiger partial charge on any atom is -0.334 e. The Balaban J connectivity index is 1.53. The van der Waals surface area contributed by atoms with Crippen molar-refractivity contribution in [2.75, 3.05) is 6.54 Å². The first-order valence-electron chi connectivity index (χ1n) is 5.91. The Morgan fingerprint density at radius 2 is 2.00 bits per heavy atom. The number of pyridine rings is 1. The number of hydrogen-bond donors (Lipinski definition) is 0. The summed E-state index contributed by atoms with van der Waals surface area (Å²) in [6, 6.07) is 5.48. The van der Waals surface area contributed by atoms with E-state index in [2.05, 4.69) is 6.08 Å². The first kappa shape index (κ1) is 10.3. The van der Waals surface area contributed by atoms with Crippen LogP contribution in [0.15, 0.2) is 41.3 Å². The number of amides is 1. The average molecular weight is 230 g/mol. The zero-order valence-corrected chi connectivity index (χ0v) is 9.45. The summed E-state index contributed by atoms with van der Waals surface area (Å²) in [6.07, 6.45) is 6.64. The van der Waals surface area contributed by atoms with Crippen molar-refractivity contribution in [1.29, 1.82) is 0 Å². The number of aryl methyl sites for hydroxylation is 1. The van der Waals surface area contributed by atoms with Gasteiger partial charge in [-0.1, -0.05) is 18.2 Å². The minimum atomic E-state index is 0.0175. The van der Waals surface area contributed by atoms with Gasteiger partial charge in [-0.05, 0) is 12.5 Å². The molecule has 1 fully saturated rings. The fourth-order valence-corrected chi connectivity index (χ4v) is 2.42. The lowest BCUT2D eigenvalue weighted by atomic mass is 9.78. The van der Waals surface area contributed by atoms with Gasteiger partial charge in [-0.15, -0.1) is 0 Å². The van der Waals surface area contributed by atoms with Crippen LogP contribution in [0.2, 0.25) is 0 Å². The van der Waals surface area contributed by atoms with Gasteiger partial charge in [0, 0.05) is 25.4 Å². The SMILES string of the molecule is O=C1C2C=CC2N1CCCn1ccccc1=O. The Morgan fingerprint density at radius 1 is 1.12 bits per heavy atom. The lowest BCUT2D eigenvalue weighted by Crippen LogP contribution is -2.63. The molecular formula is C13H14N2O2. The summed E-state index contributed by atoms with van der Waals surface area (Å²) in [5, 5.41) is 0. The highest BCUT2D eigenvalue weighted by atomic mass is 16.2. The van der Waals surface area contributed by atoms with Gasteiger partial charge in [0.2, 0.25) is 11.5 Å². The Hall–Kier alpha value is -1.84. The highest BCUT2D eigenvalue weighted by molar-refractivity contribution is 5.90. The molecule has 0 bridgehead atoms. The van der Waals surface area contributed by atoms with Crippen LogP contribution in [-0.2, 0) is 11.3 Å². The topological polar surface area (TPSA) is 42.3 Å². The second kappa shape index (κ2) is 3.87. The molecule has 1 aromatic rings. The molecule has 0 N–H and O–H groups in total. The van der Waals surface area contributed by atoms with Gasteiger partial charge in [-0.3, -0.25) is 9.59 Å². The van der Waals surface area contributed by atoms with Crippen LogP contribution >= 0.6 is 0 Å². The highest BCUT2D eigenvalue weighted by Crippen LogP contribution is 2.35. The standard InChI is InChI=1S/C13H14N2O2/c16-12-4-1-2-7-14(12)8-3-9-15-11-6-5-10(11)13(15)17/h1-2,4-7,10-11H,3,8-9H2. The molecule has 17 heavy (non-hydrogen) atoms.